The molecule has 0 saturated carbocycles. The maximum atomic E-state index is 12.3. The van der Waals surface area contributed by atoms with Crippen LogP contribution in [-0.4, -0.2) is 11.6 Å². The molecular weight excluding hydrogens is 308 g/mol. The number of halogens is 1. The highest BCUT2D eigenvalue weighted by atomic mass is 35.5. The number of carbonyl (C=O) groups is 1. The Morgan fingerprint density at radius 3 is 2.74 bits per heavy atom. The van der Waals surface area contributed by atoms with Gasteiger partial charge in [-0.3, -0.25) is 4.79 Å². The van der Waals surface area contributed by atoms with E-state index in [0.29, 0.717) is 10.6 Å². The van der Waals surface area contributed by atoms with Gasteiger partial charge in [0.2, 0.25) is 0 Å². The van der Waals surface area contributed by atoms with Crippen LogP contribution in [0, 0.1) is 13.8 Å². The molecule has 0 aliphatic heterocycles. The van der Waals surface area contributed by atoms with Crippen molar-refractivity contribution in [1.29, 1.82) is 0 Å². The van der Waals surface area contributed by atoms with Crippen molar-refractivity contribution >= 4 is 23.2 Å². The van der Waals surface area contributed by atoms with E-state index in [4.69, 9.17) is 11.6 Å². The van der Waals surface area contributed by atoms with Gasteiger partial charge in [-0.2, -0.15) is 5.10 Å². The lowest BCUT2D eigenvalue weighted by molar-refractivity contribution is 0.0955. The largest absolute Gasteiger partial charge is 0.272 e. The Kier molecular flexibility index (Phi) is 4.49. The van der Waals surface area contributed by atoms with E-state index >= 15 is 0 Å². The molecule has 23 heavy (non-hydrogen) atoms. The minimum atomic E-state index is -0.278. The summed E-state index contributed by atoms with van der Waals surface area (Å²) in [5.74, 6) is -0.278. The lowest BCUT2D eigenvalue weighted by Crippen LogP contribution is -2.22. The molecular formula is C19H19ClN2O. The Balaban J connectivity index is 1.88. The predicted molar refractivity (Wildman–Crippen MR) is 94.3 cm³/mol. The Hall–Kier alpha value is -2.13. The quantitative estimate of drug-likeness (QED) is 0.815. The molecule has 1 amide bonds. The molecule has 1 N–H and O–H groups in total. The fourth-order valence-electron chi connectivity index (χ4n) is 3.09. The molecule has 0 bridgehead atoms. The fourth-order valence-corrected chi connectivity index (χ4v) is 3.32. The third kappa shape index (κ3) is 3.30. The molecule has 0 spiro atoms. The first-order valence-corrected chi connectivity index (χ1v) is 8.16. The standard InChI is InChI=1S/C19H19ClN2O/c1-12-10-13(2)14-7-5-9-18(16(14)11-12)21-22-19(23)15-6-3-4-8-17(15)20/h3-4,6,8,10-11H,5,7,9H2,1-2H3,(H,22,23)/b21-18+. The number of hydrazone groups is 1. The second-order valence-corrected chi connectivity index (χ2v) is 6.35. The number of hydrogen-bond donors (Lipinski definition) is 1. The molecule has 4 heteroatoms. The van der Waals surface area contributed by atoms with Gasteiger partial charge in [0.1, 0.15) is 0 Å². The van der Waals surface area contributed by atoms with Crippen LogP contribution in [0.4, 0.5) is 0 Å². The van der Waals surface area contributed by atoms with E-state index in [1.165, 1.54) is 16.7 Å². The molecule has 2 aromatic carbocycles. The van der Waals surface area contributed by atoms with Gasteiger partial charge in [-0.15, -0.1) is 0 Å². The molecule has 118 valence electrons. The zero-order valence-corrected chi connectivity index (χ0v) is 14.1. The highest BCUT2D eigenvalue weighted by Gasteiger charge is 2.18. The van der Waals surface area contributed by atoms with Crippen LogP contribution in [0.1, 0.15) is 45.5 Å². The number of carbonyl (C=O) groups excluding carboxylic acids is 1. The summed E-state index contributed by atoms with van der Waals surface area (Å²) in [7, 11) is 0. The second-order valence-electron chi connectivity index (χ2n) is 5.94. The Morgan fingerprint density at radius 1 is 1.17 bits per heavy atom. The van der Waals surface area contributed by atoms with Crippen LogP contribution in [0.2, 0.25) is 5.02 Å². The normalized spacial score (nSPS) is 15.3. The summed E-state index contributed by atoms with van der Waals surface area (Å²) >= 11 is 6.05. The van der Waals surface area contributed by atoms with Crippen LogP contribution in [0.25, 0.3) is 0 Å². The van der Waals surface area contributed by atoms with Crippen molar-refractivity contribution in [3.63, 3.8) is 0 Å². The van der Waals surface area contributed by atoms with Gasteiger partial charge in [0.25, 0.3) is 5.91 Å². The SMILES string of the molecule is Cc1cc(C)c2c(c1)/C(=N/NC(=O)c1ccccc1Cl)CCC2. The number of amides is 1. The average Bonchev–Trinajstić information content (AvgIpc) is 2.53. The highest BCUT2D eigenvalue weighted by Crippen LogP contribution is 2.26. The molecule has 2 aromatic rings. The van der Waals surface area contributed by atoms with E-state index in [9.17, 15) is 4.79 Å². The molecule has 3 rings (SSSR count). The van der Waals surface area contributed by atoms with Crippen molar-refractivity contribution < 1.29 is 4.79 Å². The molecule has 1 aliphatic rings. The maximum Gasteiger partial charge on any atom is 0.272 e. The van der Waals surface area contributed by atoms with E-state index in [1.807, 2.05) is 0 Å². The number of nitrogens with one attached hydrogen (secondary N) is 1. The van der Waals surface area contributed by atoms with Crippen LogP contribution in [0.5, 0.6) is 0 Å². The molecule has 0 aromatic heterocycles. The van der Waals surface area contributed by atoms with Crippen molar-refractivity contribution in [3.8, 4) is 0 Å². The summed E-state index contributed by atoms with van der Waals surface area (Å²) in [5.41, 5.74) is 9.05. The van der Waals surface area contributed by atoms with Gasteiger partial charge in [-0.1, -0.05) is 35.4 Å². The average molecular weight is 327 g/mol. The Bertz CT molecular complexity index is 796. The maximum absolute atomic E-state index is 12.3. The van der Waals surface area contributed by atoms with Crippen LogP contribution in [0.15, 0.2) is 41.5 Å². The third-order valence-electron chi connectivity index (χ3n) is 4.18. The van der Waals surface area contributed by atoms with Crippen LogP contribution in [0.3, 0.4) is 0 Å². The summed E-state index contributed by atoms with van der Waals surface area (Å²) in [6.45, 7) is 4.22. The predicted octanol–water partition coefficient (Wildman–Crippen LogP) is 4.43. The van der Waals surface area contributed by atoms with Crippen LogP contribution in [-0.2, 0) is 6.42 Å². The molecule has 0 heterocycles. The third-order valence-corrected chi connectivity index (χ3v) is 4.51. The summed E-state index contributed by atoms with van der Waals surface area (Å²) in [6.07, 6.45) is 3.00. The molecule has 0 radical (unpaired) electrons. The van der Waals surface area contributed by atoms with E-state index < -0.39 is 0 Å². The number of benzene rings is 2. The van der Waals surface area contributed by atoms with Gasteiger partial charge in [-0.05, 0) is 62.4 Å². The fraction of sp³-hybridized carbons (Fsp3) is 0.263. The zero-order chi connectivity index (χ0) is 16.4. The van der Waals surface area contributed by atoms with Gasteiger partial charge >= 0.3 is 0 Å². The second kappa shape index (κ2) is 6.55. The lowest BCUT2D eigenvalue weighted by atomic mass is 9.86. The van der Waals surface area contributed by atoms with Gasteiger partial charge in [0, 0.05) is 5.56 Å². The van der Waals surface area contributed by atoms with Crippen molar-refractivity contribution in [3.05, 3.63) is 69.2 Å². The minimum Gasteiger partial charge on any atom is -0.267 e. The molecule has 0 atom stereocenters. The Morgan fingerprint density at radius 2 is 1.96 bits per heavy atom. The first-order chi connectivity index (χ1) is 11.1. The van der Waals surface area contributed by atoms with E-state index in [2.05, 4.69) is 36.5 Å². The number of nitrogens with zero attached hydrogens (tertiary/aromatic N) is 1. The lowest BCUT2D eigenvalue weighted by Gasteiger charge is -2.20. The van der Waals surface area contributed by atoms with E-state index in [0.717, 1.165) is 30.5 Å². The van der Waals surface area contributed by atoms with Gasteiger partial charge < -0.3 is 0 Å². The molecule has 0 saturated heterocycles. The van der Waals surface area contributed by atoms with Crippen molar-refractivity contribution in [2.24, 2.45) is 5.10 Å². The minimum absolute atomic E-state index is 0.278. The highest BCUT2D eigenvalue weighted by molar-refractivity contribution is 6.33. The van der Waals surface area contributed by atoms with Gasteiger partial charge in [-0.25, -0.2) is 5.43 Å². The molecule has 0 fully saturated rings. The summed E-state index contributed by atoms with van der Waals surface area (Å²) in [4.78, 5) is 12.3. The van der Waals surface area contributed by atoms with Crippen molar-refractivity contribution in [2.45, 2.75) is 33.1 Å². The summed E-state index contributed by atoms with van der Waals surface area (Å²) in [6, 6.07) is 11.3. The first-order valence-electron chi connectivity index (χ1n) is 7.78. The molecule has 0 unspecified atom stereocenters. The summed E-state index contributed by atoms with van der Waals surface area (Å²) < 4.78 is 0. The first kappa shape index (κ1) is 15.8. The molecule has 3 nitrogen and oxygen atoms in total. The van der Waals surface area contributed by atoms with Crippen molar-refractivity contribution in [2.75, 3.05) is 0 Å². The molecule has 1 aliphatic carbocycles. The van der Waals surface area contributed by atoms with Crippen molar-refractivity contribution in [1.82, 2.24) is 5.43 Å². The number of hydrogen-bond acceptors (Lipinski definition) is 2. The smallest absolute Gasteiger partial charge is 0.267 e. The van der Waals surface area contributed by atoms with E-state index in [1.54, 1.807) is 24.3 Å². The van der Waals surface area contributed by atoms with Crippen LogP contribution < -0.4 is 5.43 Å². The van der Waals surface area contributed by atoms with Crippen LogP contribution >= 0.6 is 11.6 Å². The summed E-state index contributed by atoms with van der Waals surface area (Å²) in [5, 5.41) is 4.81. The number of aryl methyl sites for hydroxylation is 2. The number of fused-ring (bicyclic) bond motifs is 1. The van der Waals surface area contributed by atoms with Gasteiger partial charge in [0.15, 0.2) is 0 Å². The van der Waals surface area contributed by atoms with Gasteiger partial charge in [0.05, 0.1) is 16.3 Å². The zero-order valence-electron chi connectivity index (χ0n) is 13.3. The Labute approximate surface area is 141 Å². The number of rotatable bonds is 2. The monoisotopic (exact) mass is 326 g/mol. The topological polar surface area (TPSA) is 41.5 Å². The van der Waals surface area contributed by atoms with E-state index in [-0.39, 0.29) is 5.91 Å².